The third-order valence-corrected chi connectivity index (χ3v) is 2.16. The lowest BCUT2D eigenvalue weighted by atomic mass is 10.2. The first-order valence-corrected chi connectivity index (χ1v) is 5.75. The van der Waals surface area contributed by atoms with Crippen molar-refractivity contribution in [1.29, 1.82) is 0 Å². The predicted molar refractivity (Wildman–Crippen MR) is 71.1 cm³/mol. The van der Waals surface area contributed by atoms with Crippen LogP contribution in [0.1, 0.15) is 26.5 Å². The van der Waals surface area contributed by atoms with E-state index in [-0.39, 0.29) is 12.2 Å². The Bertz CT molecular complexity index is 464. The van der Waals surface area contributed by atoms with Crippen LogP contribution < -0.4 is 0 Å². The maximum absolute atomic E-state index is 9.60. The normalized spacial score (nSPS) is 10.7. The highest BCUT2D eigenvalue weighted by Crippen LogP contribution is 2.13. The summed E-state index contributed by atoms with van der Waals surface area (Å²) in [5, 5.41) is 9.96. The molecule has 0 aliphatic carbocycles. The Kier molecular flexibility index (Phi) is 4.92. The fourth-order valence-electron chi connectivity index (χ4n) is 1.36. The maximum atomic E-state index is 9.60. The van der Waals surface area contributed by atoms with Crippen molar-refractivity contribution in [1.82, 2.24) is 4.98 Å². The van der Waals surface area contributed by atoms with Gasteiger partial charge in [0.25, 0.3) is 6.47 Å². The molecule has 1 aromatic heterocycles. The molecule has 2 aromatic rings. The number of nitrogens with one attached hydrogen (secondary N) is 1. The first-order valence-electron chi connectivity index (χ1n) is 5.75. The van der Waals surface area contributed by atoms with Crippen LogP contribution in [-0.4, -0.2) is 22.2 Å². The van der Waals surface area contributed by atoms with Crippen LogP contribution in [0.15, 0.2) is 30.3 Å². The molecule has 4 heteroatoms. The zero-order valence-electron chi connectivity index (χ0n) is 10.9. The van der Waals surface area contributed by atoms with E-state index < -0.39 is 0 Å². The third-order valence-electron chi connectivity index (χ3n) is 2.16. The van der Waals surface area contributed by atoms with Crippen molar-refractivity contribution in [3.63, 3.8) is 0 Å². The molecular weight excluding hydrogens is 230 g/mol. The Labute approximate surface area is 107 Å². The van der Waals surface area contributed by atoms with Gasteiger partial charge >= 0.3 is 0 Å². The number of benzene rings is 1. The Morgan fingerprint density at radius 2 is 2.00 bits per heavy atom. The summed E-state index contributed by atoms with van der Waals surface area (Å²) in [6, 6.07) is 9.92. The van der Waals surface area contributed by atoms with Crippen molar-refractivity contribution < 1.29 is 14.6 Å². The van der Waals surface area contributed by atoms with Crippen LogP contribution in [0.2, 0.25) is 0 Å². The van der Waals surface area contributed by atoms with Gasteiger partial charge in [-0.3, -0.25) is 4.79 Å². The summed E-state index contributed by atoms with van der Waals surface area (Å²) in [6.07, 6.45) is 0. The topological polar surface area (TPSA) is 62.3 Å². The Hall–Kier alpha value is -1.81. The zero-order valence-corrected chi connectivity index (χ0v) is 10.9. The van der Waals surface area contributed by atoms with Gasteiger partial charge in [-0.15, -0.1) is 0 Å². The molecule has 4 nitrogen and oxygen atoms in total. The average molecular weight is 249 g/mol. The minimum atomic E-state index is -0.318. The van der Waals surface area contributed by atoms with E-state index in [1.807, 2.05) is 51.1 Å². The Balaban J connectivity index is 0.000000203. The van der Waals surface area contributed by atoms with E-state index in [1.54, 1.807) is 0 Å². The molecular formula is C14H19NO3. The van der Waals surface area contributed by atoms with Gasteiger partial charge in [0.15, 0.2) is 0 Å². The zero-order chi connectivity index (χ0) is 13.6. The number of hydrogen-bond acceptors (Lipinski definition) is 3. The molecule has 0 fully saturated rings. The van der Waals surface area contributed by atoms with E-state index in [4.69, 9.17) is 5.11 Å². The molecule has 0 bridgehead atoms. The molecule has 0 saturated heterocycles. The maximum Gasteiger partial charge on any atom is 0.293 e. The summed E-state index contributed by atoms with van der Waals surface area (Å²) >= 11 is 0. The third kappa shape index (κ3) is 4.59. The van der Waals surface area contributed by atoms with E-state index in [2.05, 4.69) is 9.72 Å². The van der Waals surface area contributed by atoms with Gasteiger partial charge in [-0.1, -0.05) is 18.2 Å². The number of para-hydroxylation sites is 1. The summed E-state index contributed by atoms with van der Waals surface area (Å²) in [5.74, 6) is 0. The highest BCUT2D eigenvalue weighted by Gasteiger charge is 2.07. The van der Waals surface area contributed by atoms with E-state index in [0.717, 1.165) is 16.6 Å². The number of ether oxygens (including phenoxy) is 1. The molecule has 0 atom stereocenters. The van der Waals surface area contributed by atoms with E-state index >= 15 is 0 Å². The number of rotatable bonds is 2. The van der Waals surface area contributed by atoms with Crippen LogP contribution in [0.5, 0.6) is 0 Å². The van der Waals surface area contributed by atoms with Gasteiger partial charge in [-0.05, 0) is 38.3 Å². The van der Waals surface area contributed by atoms with Crippen molar-refractivity contribution in [2.75, 3.05) is 0 Å². The second-order valence-corrected chi connectivity index (χ2v) is 4.87. The second kappa shape index (κ2) is 6.21. The van der Waals surface area contributed by atoms with Crippen molar-refractivity contribution in [3.05, 3.63) is 36.0 Å². The first kappa shape index (κ1) is 14.3. The number of aromatic amines is 1. The number of carbonyl (C=O) groups is 1. The number of H-pyrrole nitrogens is 1. The average Bonchev–Trinajstić information content (AvgIpc) is 2.71. The number of aliphatic hydroxyl groups is 1. The molecule has 1 aromatic carbocycles. The monoisotopic (exact) mass is 249 g/mol. The van der Waals surface area contributed by atoms with Crippen LogP contribution in [0.25, 0.3) is 10.9 Å². The Morgan fingerprint density at radius 1 is 1.33 bits per heavy atom. The smallest absolute Gasteiger partial charge is 0.293 e. The molecule has 98 valence electrons. The van der Waals surface area contributed by atoms with E-state index in [1.165, 1.54) is 0 Å². The first-order chi connectivity index (χ1) is 8.46. The summed E-state index contributed by atoms with van der Waals surface area (Å²) < 4.78 is 4.55. The largest absolute Gasteiger partial charge is 0.462 e. The lowest BCUT2D eigenvalue weighted by Gasteiger charge is -2.14. The lowest BCUT2D eigenvalue weighted by Crippen LogP contribution is -2.17. The van der Waals surface area contributed by atoms with Crippen LogP contribution in [0.3, 0.4) is 0 Å². The molecule has 0 spiro atoms. The van der Waals surface area contributed by atoms with Crippen molar-refractivity contribution in [2.24, 2.45) is 0 Å². The minimum absolute atomic E-state index is 0.0781. The molecule has 2 rings (SSSR count). The highest BCUT2D eigenvalue weighted by molar-refractivity contribution is 5.80. The Morgan fingerprint density at radius 3 is 2.44 bits per heavy atom. The van der Waals surface area contributed by atoms with Gasteiger partial charge in [-0.25, -0.2) is 0 Å². The van der Waals surface area contributed by atoms with Gasteiger partial charge in [0, 0.05) is 11.2 Å². The number of aliphatic hydroxyl groups excluding tert-OH is 1. The summed E-state index contributed by atoms with van der Waals surface area (Å²) in [4.78, 5) is 12.7. The molecule has 0 amide bonds. The van der Waals surface area contributed by atoms with Crippen molar-refractivity contribution in [2.45, 2.75) is 33.0 Å². The summed E-state index contributed by atoms with van der Waals surface area (Å²) in [7, 11) is 0. The van der Waals surface area contributed by atoms with Crippen molar-refractivity contribution in [3.8, 4) is 0 Å². The molecule has 0 radical (unpaired) electrons. The fourth-order valence-corrected chi connectivity index (χ4v) is 1.36. The van der Waals surface area contributed by atoms with Gasteiger partial charge in [0.2, 0.25) is 0 Å². The standard InChI is InChI=1S/C9H9NO.C5H10O2/c11-6-8-5-7-3-1-2-4-9(7)10-8;1-5(2,3)7-4-6/h1-5,10-11H,6H2;4H,1-3H3. The molecule has 0 unspecified atom stereocenters. The molecule has 1 heterocycles. The SMILES string of the molecule is CC(C)(C)OC=O.OCc1cc2ccccc2[nH]1. The number of hydrogen-bond donors (Lipinski definition) is 2. The molecule has 0 saturated carbocycles. The van der Waals surface area contributed by atoms with Crippen LogP contribution in [0, 0.1) is 0 Å². The van der Waals surface area contributed by atoms with Gasteiger partial charge in [0.1, 0.15) is 5.60 Å². The van der Waals surface area contributed by atoms with Gasteiger partial charge in [-0.2, -0.15) is 0 Å². The van der Waals surface area contributed by atoms with E-state index in [0.29, 0.717) is 6.47 Å². The highest BCUT2D eigenvalue weighted by atomic mass is 16.5. The summed E-state index contributed by atoms with van der Waals surface area (Å²) in [5.41, 5.74) is 1.63. The van der Waals surface area contributed by atoms with Gasteiger partial charge in [0.05, 0.1) is 6.61 Å². The molecule has 0 aliphatic rings. The van der Waals surface area contributed by atoms with Crippen LogP contribution >= 0.6 is 0 Å². The molecule has 2 N–H and O–H groups in total. The fraction of sp³-hybridized carbons (Fsp3) is 0.357. The lowest BCUT2D eigenvalue weighted by molar-refractivity contribution is -0.138. The number of aromatic nitrogens is 1. The summed E-state index contributed by atoms with van der Waals surface area (Å²) in [6.45, 7) is 6.00. The van der Waals surface area contributed by atoms with Gasteiger partial charge < -0.3 is 14.8 Å². The van der Waals surface area contributed by atoms with Crippen LogP contribution in [-0.2, 0) is 16.1 Å². The molecule has 18 heavy (non-hydrogen) atoms. The number of fused-ring (bicyclic) bond motifs is 1. The van der Waals surface area contributed by atoms with Crippen LogP contribution in [0.4, 0.5) is 0 Å². The number of carbonyl (C=O) groups excluding carboxylic acids is 1. The minimum Gasteiger partial charge on any atom is -0.462 e. The van der Waals surface area contributed by atoms with E-state index in [9.17, 15) is 4.79 Å². The quantitative estimate of drug-likeness (QED) is 0.804. The predicted octanol–water partition coefficient (Wildman–Crippen LogP) is 2.62. The second-order valence-electron chi connectivity index (χ2n) is 4.87. The molecule has 0 aliphatic heterocycles. The van der Waals surface area contributed by atoms with Crippen molar-refractivity contribution >= 4 is 17.4 Å².